The quantitative estimate of drug-likeness (QED) is 0.513. The highest BCUT2D eigenvalue weighted by molar-refractivity contribution is 6.03. The number of benzene rings is 2. The molecule has 0 fully saturated rings. The number of nitrogens with one attached hydrogen (secondary N) is 1. The van der Waals surface area contributed by atoms with Crippen LogP contribution in [0.2, 0.25) is 0 Å². The summed E-state index contributed by atoms with van der Waals surface area (Å²) < 4.78 is 5.60. The molecule has 0 aliphatic rings. The van der Waals surface area contributed by atoms with Crippen molar-refractivity contribution >= 4 is 17.8 Å². The number of anilines is 1. The molecule has 0 radical (unpaired) electrons. The van der Waals surface area contributed by atoms with Crippen LogP contribution in [0.25, 0.3) is 22.8 Å². The first-order chi connectivity index (χ1) is 15.4. The van der Waals surface area contributed by atoms with Crippen molar-refractivity contribution in [3.05, 3.63) is 77.6 Å². The number of carbonyl (C=O) groups excluding carboxylic acids is 2. The van der Waals surface area contributed by atoms with E-state index in [0.29, 0.717) is 28.2 Å². The standard InChI is InChI=1S/C23H20N6O3.H2/c1-14-19(21-27-28-23(32-21)26-20(30)16-7-5-4-6-8-16)25-18(13-24-14)15-9-11-17(12-10-15)22(31)29(2)3;/h4-13H,1-3H3,(H,26,28,30);1H. The maximum atomic E-state index is 12.3. The lowest BCUT2D eigenvalue weighted by atomic mass is 10.1. The van der Waals surface area contributed by atoms with Crippen molar-refractivity contribution in [2.45, 2.75) is 6.92 Å². The number of hydrogen-bond donors (Lipinski definition) is 1. The van der Waals surface area contributed by atoms with Gasteiger partial charge in [-0.2, -0.15) is 0 Å². The monoisotopic (exact) mass is 430 g/mol. The molecule has 0 saturated carbocycles. The maximum Gasteiger partial charge on any atom is 0.322 e. The van der Waals surface area contributed by atoms with Crippen LogP contribution in [-0.4, -0.2) is 51.0 Å². The van der Waals surface area contributed by atoms with Crippen LogP contribution in [0.3, 0.4) is 0 Å². The number of aryl methyl sites for hydroxylation is 1. The molecule has 0 aliphatic carbocycles. The zero-order valence-electron chi connectivity index (χ0n) is 17.7. The minimum absolute atomic E-state index is 0. The van der Waals surface area contributed by atoms with Crippen molar-refractivity contribution in [2.24, 2.45) is 0 Å². The van der Waals surface area contributed by atoms with Crippen molar-refractivity contribution in [1.29, 1.82) is 0 Å². The second-order valence-corrected chi connectivity index (χ2v) is 7.20. The average Bonchev–Trinajstić information content (AvgIpc) is 3.27. The van der Waals surface area contributed by atoms with Crippen LogP contribution in [0, 0.1) is 6.92 Å². The second kappa shape index (κ2) is 8.76. The summed E-state index contributed by atoms with van der Waals surface area (Å²) >= 11 is 0. The molecule has 9 nitrogen and oxygen atoms in total. The predicted octanol–water partition coefficient (Wildman–Crippen LogP) is 3.70. The molecule has 1 N–H and O–H groups in total. The van der Waals surface area contributed by atoms with Crippen LogP contribution in [0.5, 0.6) is 0 Å². The third-order valence-corrected chi connectivity index (χ3v) is 4.67. The van der Waals surface area contributed by atoms with Gasteiger partial charge >= 0.3 is 6.01 Å². The highest BCUT2D eigenvalue weighted by Crippen LogP contribution is 2.25. The Kier molecular flexibility index (Phi) is 5.71. The number of nitrogens with zero attached hydrogens (tertiary/aromatic N) is 5. The van der Waals surface area contributed by atoms with Gasteiger partial charge in [0.15, 0.2) is 0 Å². The second-order valence-electron chi connectivity index (χ2n) is 7.20. The molecule has 32 heavy (non-hydrogen) atoms. The van der Waals surface area contributed by atoms with Crippen molar-refractivity contribution in [3.63, 3.8) is 0 Å². The Labute approximate surface area is 185 Å². The fourth-order valence-corrected chi connectivity index (χ4v) is 2.96. The first kappa shape index (κ1) is 20.9. The normalized spacial score (nSPS) is 10.6. The first-order valence-electron chi connectivity index (χ1n) is 9.78. The minimum Gasteiger partial charge on any atom is -0.401 e. The summed E-state index contributed by atoms with van der Waals surface area (Å²) in [6.45, 7) is 1.78. The number of carbonyl (C=O) groups is 2. The molecule has 0 unspecified atom stereocenters. The molecule has 4 aromatic rings. The van der Waals surface area contributed by atoms with Gasteiger partial charge in [-0.3, -0.25) is 19.9 Å². The van der Waals surface area contributed by atoms with Gasteiger partial charge in [0.1, 0.15) is 5.69 Å². The van der Waals surface area contributed by atoms with Gasteiger partial charge in [-0.15, -0.1) is 5.10 Å². The van der Waals surface area contributed by atoms with E-state index in [1.807, 2.05) is 6.07 Å². The summed E-state index contributed by atoms with van der Waals surface area (Å²) in [5.74, 6) is -0.299. The maximum absolute atomic E-state index is 12.3. The molecule has 0 bridgehead atoms. The Morgan fingerprint density at radius 3 is 2.38 bits per heavy atom. The Bertz CT molecular complexity index is 1270. The summed E-state index contributed by atoms with van der Waals surface area (Å²) in [5.41, 5.74) is 3.42. The van der Waals surface area contributed by atoms with Crippen LogP contribution in [0.1, 0.15) is 27.8 Å². The molecule has 0 spiro atoms. The lowest BCUT2D eigenvalue weighted by Gasteiger charge is -2.10. The van der Waals surface area contributed by atoms with Crippen LogP contribution in [0.15, 0.2) is 65.2 Å². The van der Waals surface area contributed by atoms with Crippen LogP contribution >= 0.6 is 0 Å². The zero-order valence-corrected chi connectivity index (χ0v) is 17.7. The van der Waals surface area contributed by atoms with Crippen molar-refractivity contribution in [2.75, 3.05) is 19.4 Å². The fraction of sp³-hybridized carbons (Fsp3) is 0.130. The van der Waals surface area contributed by atoms with Crippen molar-refractivity contribution in [3.8, 4) is 22.8 Å². The zero-order chi connectivity index (χ0) is 22.7. The fourth-order valence-electron chi connectivity index (χ4n) is 2.96. The molecule has 0 aliphatic heterocycles. The van der Waals surface area contributed by atoms with E-state index >= 15 is 0 Å². The van der Waals surface area contributed by atoms with E-state index in [1.54, 1.807) is 75.7 Å². The molecule has 162 valence electrons. The van der Waals surface area contributed by atoms with Gasteiger partial charge in [-0.05, 0) is 31.2 Å². The van der Waals surface area contributed by atoms with Gasteiger partial charge < -0.3 is 9.32 Å². The van der Waals surface area contributed by atoms with Gasteiger partial charge in [0.05, 0.1) is 17.6 Å². The van der Waals surface area contributed by atoms with Crippen molar-refractivity contribution in [1.82, 2.24) is 25.1 Å². The van der Waals surface area contributed by atoms with E-state index in [4.69, 9.17) is 4.42 Å². The Hall–Kier alpha value is -4.40. The highest BCUT2D eigenvalue weighted by Gasteiger charge is 2.17. The van der Waals surface area contributed by atoms with Crippen LogP contribution < -0.4 is 5.32 Å². The third kappa shape index (κ3) is 4.36. The average molecular weight is 430 g/mol. The molecule has 2 aromatic carbocycles. The lowest BCUT2D eigenvalue weighted by molar-refractivity contribution is 0.0827. The molecule has 2 aromatic heterocycles. The molecule has 4 rings (SSSR count). The molecule has 0 atom stereocenters. The van der Waals surface area contributed by atoms with E-state index in [-0.39, 0.29) is 25.1 Å². The Balaban J connectivity index is 0.00000306. The largest absolute Gasteiger partial charge is 0.401 e. The summed E-state index contributed by atoms with van der Waals surface area (Å²) in [6, 6.07) is 15.8. The number of rotatable bonds is 5. The van der Waals surface area contributed by atoms with Crippen LogP contribution in [-0.2, 0) is 0 Å². The Morgan fingerprint density at radius 1 is 0.969 bits per heavy atom. The molecule has 2 heterocycles. The van der Waals surface area contributed by atoms with E-state index < -0.39 is 0 Å². The van der Waals surface area contributed by atoms with Gasteiger partial charge in [0.2, 0.25) is 0 Å². The highest BCUT2D eigenvalue weighted by atomic mass is 16.4. The first-order valence-corrected chi connectivity index (χ1v) is 9.78. The van der Waals surface area contributed by atoms with Gasteiger partial charge in [-0.1, -0.05) is 35.4 Å². The van der Waals surface area contributed by atoms with Crippen LogP contribution in [0.4, 0.5) is 6.01 Å². The summed E-state index contributed by atoms with van der Waals surface area (Å²) in [6.07, 6.45) is 1.63. The molecular weight excluding hydrogens is 408 g/mol. The third-order valence-electron chi connectivity index (χ3n) is 4.67. The lowest BCUT2D eigenvalue weighted by Crippen LogP contribution is -2.21. The number of aromatic nitrogens is 4. The SMILES string of the molecule is Cc1ncc(-c2ccc(C(=O)N(C)C)cc2)nc1-c1nnc(NC(=O)c2ccccc2)o1.[HH]. The molecule has 0 saturated heterocycles. The van der Waals surface area contributed by atoms with Gasteiger partial charge in [0.25, 0.3) is 17.7 Å². The summed E-state index contributed by atoms with van der Waals surface area (Å²) in [5, 5.41) is 10.5. The molecule has 2 amide bonds. The van der Waals surface area contributed by atoms with Gasteiger partial charge in [0, 0.05) is 32.2 Å². The van der Waals surface area contributed by atoms with E-state index in [2.05, 4.69) is 25.5 Å². The number of amides is 2. The molecule has 9 heteroatoms. The Morgan fingerprint density at radius 2 is 1.69 bits per heavy atom. The van der Waals surface area contributed by atoms with E-state index in [9.17, 15) is 9.59 Å². The topological polar surface area (TPSA) is 114 Å². The van der Waals surface area contributed by atoms with E-state index in [1.165, 1.54) is 4.90 Å². The predicted molar refractivity (Wildman–Crippen MR) is 120 cm³/mol. The number of hydrogen-bond acceptors (Lipinski definition) is 7. The van der Waals surface area contributed by atoms with Crippen molar-refractivity contribution < 1.29 is 15.4 Å². The summed E-state index contributed by atoms with van der Waals surface area (Å²) in [7, 11) is 3.41. The van der Waals surface area contributed by atoms with Gasteiger partial charge in [-0.25, -0.2) is 4.98 Å². The minimum atomic E-state index is -0.357. The smallest absolute Gasteiger partial charge is 0.322 e. The molecular formula is C23H22N6O3. The van der Waals surface area contributed by atoms with E-state index in [0.717, 1.165) is 5.56 Å². The summed E-state index contributed by atoms with van der Waals surface area (Å²) in [4.78, 5) is 34.9.